The maximum Gasteiger partial charge on any atom is 0.326 e. The number of likely N-dealkylation sites (N-methyl/N-ethyl adjacent to an activating group) is 2. The Kier molecular flexibility index (Phi) is 22.0. The molecule has 1 aromatic carbocycles. The number of nitrogens with zero attached hydrogens (tertiary/aromatic N) is 4. The van der Waals surface area contributed by atoms with Gasteiger partial charge in [0, 0.05) is 64.3 Å². The first-order chi connectivity index (χ1) is 32.7. The molecule has 0 spiro atoms. The van der Waals surface area contributed by atoms with Crippen LogP contribution < -0.4 is 10.6 Å². The van der Waals surface area contributed by atoms with Gasteiger partial charge >= 0.3 is 5.97 Å². The molecule has 1 aromatic heterocycles. The smallest absolute Gasteiger partial charge is 0.326 e. The van der Waals surface area contributed by atoms with E-state index < -0.39 is 65.5 Å². The van der Waals surface area contributed by atoms with E-state index in [2.05, 4.69) is 28.2 Å². The third-order valence-corrected chi connectivity index (χ3v) is 14.8. The van der Waals surface area contributed by atoms with Crippen molar-refractivity contribution in [2.45, 2.75) is 160 Å². The largest absolute Gasteiger partial charge is 0.480 e. The molecule has 17 nitrogen and oxygen atoms in total. The summed E-state index contributed by atoms with van der Waals surface area (Å²) in [5, 5.41) is 16.3. The number of carboxylic acid groups (broad SMARTS) is 1. The molecule has 18 heteroatoms. The number of benzene rings is 1. The van der Waals surface area contributed by atoms with E-state index >= 15 is 0 Å². The van der Waals surface area contributed by atoms with Crippen LogP contribution in [0.25, 0.3) is 10.9 Å². The molecule has 1 unspecified atom stereocenters. The minimum absolute atomic E-state index is 0.0497. The minimum Gasteiger partial charge on any atom is -0.480 e. The molecule has 3 heterocycles. The van der Waals surface area contributed by atoms with Crippen molar-refractivity contribution in [3.8, 4) is 0 Å². The maximum atomic E-state index is 14.6. The molecule has 4 N–H and O–H groups in total. The highest BCUT2D eigenvalue weighted by Crippen LogP contribution is 2.30. The lowest BCUT2D eigenvalue weighted by atomic mass is 9.89. The molecule has 6 amide bonds. The topological polar surface area (TPSA) is 211 Å². The van der Waals surface area contributed by atoms with Crippen molar-refractivity contribution in [2.24, 2.45) is 23.7 Å². The second-order valence-electron chi connectivity index (χ2n) is 20.0. The van der Waals surface area contributed by atoms with Crippen LogP contribution >= 0.6 is 12.6 Å². The van der Waals surface area contributed by atoms with Crippen molar-refractivity contribution in [3.05, 3.63) is 36.0 Å². The number of likely N-dealkylation sites (tertiary alicyclic amines) is 2. The number of amides is 6. The number of para-hydroxylation sites is 1. The number of carbonyl (C=O) groups excluding carboxylic acids is 6. The zero-order valence-corrected chi connectivity index (χ0v) is 43.8. The standard InChI is InChI=1S/C51H81N7O10S/c1-12-32(6)45(56(9)50(64)43(30(2)3)54-48(62)44(31(4)5)55(8)23-17-13-14-18-24-58-42(60)28-40(69)49(58)63)39(67-10)27-41(59)57-25-19-22-38(57)46(68-11)33(7)47(61)53-37(51(65)66)26-34-29-52-36-21-16-15-20-35(34)36/h15-16,20-21,29-33,37-40,43-46,52,69H,12-14,17-19,22-28H2,1-11H3,(H,53,61)(H,54,62)(H,65,66)/t32-,33+,37-,38-,39+,40?,43-,44-,45-,46+/m0/s1. The van der Waals surface area contributed by atoms with E-state index in [4.69, 9.17) is 9.47 Å². The first-order valence-corrected chi connectivity index (χ1v) is 25.4. The zero-order valence-electron chi connectivity index (χ0n) is 42.9. The maximum absolute atomic E-state index is 14.6. The Labute approximate surface area is 414 Å². The number of hydrogen-bond acceptors (Lipinski definition) is 11. The SMILES string of the molecule is CC[C@H](C)[C@@H]([C@@H](CC(=O)N1CCC[C@H]1[C@H](OC)[C@@H](C)C(=O)N[C@@H](Cc1c[nH]c2ccccc12)C(=O)O)OC)N(C)C(=O)[C@@H](NC(=O)[C@H](C(C)C)N(C)CCCCCCN1C(=O)CC(S)C1=O)C(C)C. The van der Waals surface area contributed by atoms with Crippen LogP contribution in [0, 0.1) is 23.7 Å². The van der Waals surface area contributed by atoms with E-state index in [1.54, 1.807) is 30.0 Å². The van der Waals surface area contributed by atoms with Crippen LogP contribution in [0.5, 0.6) is 0 Å². The summed E-state index contributed by atoms with van der Waals surface area (Å²) in [6, 6.07) is 4.01. The van der Waals surface area contributed by atoms with Crippen LogP contribution in [-0.2, 0) is 49.5 Å². The van der Waals surface area contributed by atoms with Gasteiger partial charge in [0.05, 0.1) is 47.9 Å². The molecule has 2 aliphatic heterocycles. The molecular weight excluding hydrogens is 903 g/mol. The van der Waals surface area contributed by atoms with E-state index in [0.717, 1.165) is 35.7 Å². The number of hydrogen-bond donors (Lipinski definition) is 5. The molecule has 0 radical (unpaired) electrons. The molecule has 0 aliphatic carbocycles. The van der Waals surface area contributed by atoms with Crippen molar-refractivity contribution in [2.75, 3.05) is 47.9 Å². The molecule has 0 bridgehead atoms. The van der Waals surface area contributed by atoms with Gasteiger partial charge in [-0.05, 0) is 68.7 Å². The van der Waals surface area contributed by atoms with Crippen LogP contribution in [0.3, 0.4) is 0 Å². The van der Waals surface area contributed by atoms with Crippen LogP contribution in [0.1, 0.15) is 112 Å². The highest BCUT2D eigenvalue weighted by Gasteiger charge is 2.44. The van der Waals surface area contributed by atoms with Crippen molar-refractivity contribution >= 4 is 64.9 Å². The van der Waals surface area contributed by atoms with Crippen LogP contribution in [-0.4, -0.2) is 167 Å². The summed E-state index contributed by atoms with van der Waals surface area (Å²) in [6.07, 6.45) is 5.64. The van der Waals surface area contributed by atoms with Gasteiger partial charge in [0.2, 0.25) is 35.4 Å². The number of aromatic amines is 1. The van der Waals surface area contributed by atoms with Crippen molar-refractivity contribution in [1.29, 1.82) is 0 Å². The Bertz CT molecular complexity index is 2060. The Balaban J connectivity index is 1.40. The predicted octanol–water partition coefficient (Wildman–Crippen LogP) is 4.92. The third-order valence-electron chi connectivity index (χ3n) is 14.4. The Morgan fingerprint density at radius 2 is 1.61 bits per heavy atom. The van der Waals surface area contributed by atoms with Gasteiger partial charge in [-0.1, -0.05) is 85.9 Å². The number of aromatic nitrogens is 1. The number of thiol groups is 1. The molecule has 2 aromatic rings. The predicted molar refractivity (Wildman–Crippen MR) is 268 cm³/mol. The van der Waals surface area contributed by atoms with Gasteiger partial charge in [-0.15, -0.1) is 0 Å². The van der Waals surface area contributed by atoms with Gasteiger partial charge in [-0.2, -0.15) is 12.6 Å². The molecule has 2 saturated heterocycles. The first kappa shape index (κ1) is 57.1. The fourth-order valence-electron chi connectivity index (χ4n) is 10.3. The fourth-order valence-corrected chi connectivity index (χ4v) is 10.6. The molecule has 10 atom stereocenters. The van der Waals surface area contributed by atoms with Crippen molar-refractivity contribution in [3.63, 3.8) is 0 Å². The van der Waals surface area contributed by atoms with E-state index in [1.165, 1.54) is 19.1 Å². The number of unbranched alkanes of at least 4 members (excludes halogenated alkanes) is 3. The number of carbonyl (C=O) groups is 7. The molecule has 386 valence electrons. The highest BCUT2D eigenvalue weighted by atomic mass is 32.1. The van der Waals surface area contributed by atoms with Crippen LogP contribution in [0.15, 0.2) is 30.5 Å². The number of imide groups is 1. The zero-order chi connectivity index (χ0) is 51.3. The number of aliphatic carboxylic acids is 1. The van der Waals surface area contributed by atoms with Gasteiger partial charge in [0.25, 0.3) is 0 Å². The fraction of sp³-hybridized carbons (Fsp3) is 0.706. The number of fused-ring (bicyclic) bond motifs is 1. The lowest BCUT2D eigenvalue weighted by molar-refractivity contribution is -0.148. The summed E-state index contributed by atoms with van der Waals surface area (Å²) in [7, 11) is 6.64. The lowest BCUT2D eigenvalue weighted by Gasteiger charge is -2.41. The summed E-state index contributed by atoms with van der Waals surface area (Å²) in [6.45, 7) is 14.9. The molecular formula is C51H81N7O10S. The average molecular weight is 984 g/mol. The number of rotatable bonds is 28. The Hall–Kier alpha value is -4.52. The van der Waals surface area contributed by atoms with Crippen molar-refractivity contribution < 1.29 is 48.1 Å². The summed E-state index contributed by atoms with van der Waals surface area (Å²) in [5.41, 5.74) is 1.64. The molecule has 2 aliphatic rings. The number of ether oxygens (including phenoxy) is 2. The van der Waals surface area contributed by atoms with E-state index in [-0.39, 0.29) is 66.6 Å². The summed E-state index contributed by atoms with van der Waals surface area (Å²) >= 11 is 4.20. The van der Waals surface area contributed by atoms with E-state index in [1.807, 2.05) is 77.8 Å². The van der Waals surface area contributed by atoms with E-state index in [9.17, 15) is 38.7 Å². The molecule has 4 rings (SSSR count). The minimum atomic E-state index is -1.19. The molecule has 69 heavy (non-hydrogen) atoms. The second kappa shape index (κ2) is 26.6. The normalized spacial score (nSPS) is 20.0. The number of methoxy groups -OCH3 is 2. The number of nitrogens with one attached hydrogen (secondary N) is 3. The van der Waals surface area contributed by atoms with Gasteiger partial charge in [0.15, 0.2) is 0 Å². The lowest BCUT2D eigenvalue weighted by Crippen LogP contribution is -2.60. The average Bonchev–Trinajstić information content (AvgIpc) is 4.02. The summed E-state index contributed by atoms with van der Waals surface area (Å²) < 4.78 is 12.0. The highest BCUT2D eigenvalue weighted by molar-refractivity contribution is 7.81. The van der Waals surface area contributed by atoms with Gasteiger partial charge in [-0.25, -0.2) is 4.79 Å². The van der Waals surface area contributed by atoms with Crippen molar-refractivity contribution in [1.82, 2.24) is 35.2 Å². The quantitative estimate of drug-likeness (QED) is 0.0439. The van der Waals surface area contributed by atoms with Crippen LogP contribution in [0.4, 0.5) is 0 Å². The Morgan fingerprint density at radius 1 is 0.928 bits per heavy atom. The van der Waals surface area contributed by atoms with Gasteiger partial charge in [-0.3, -0.25) is 38.6 Å². The monoisotopic (exact) mass is 984 g/mol. The third kappa shape index (κ3) is 14.5. The summed E-state index contributed by atoms with van der Waals surface area (Å²) in [4.78, 5) is 104. The molecule has 0 saturated carbocycles. The van der Waals surface area contributed by atoms with Gasteiger partial charge in [0.1, 0.15) is 12.1 Å². The van der Waals surface area contributed by atoms with Gasteiger partial charge < -0.3 is 40.0 Å². The molecule has 2 fully saturated rings. The van der Waals surface area contributed by atoms with Crippen LogP contribution in [0.2, 0.25) is 0 Å². The first-order valence-electron chi connectivity index (χ1n) is 24.9. The van der Waals surface area contributed by atoms with E-state index in [0.29, 0.717) is 45.3 Å². The summed E-state index contributed by atoms with van der Waals surface area (Å²) in [5.74, 6) is -4.02. The number of carboxylic acids is 1. The second-order valence-corrected chi connectivity index (χ2v) is 20.6. The number of H-pyrrole nitrogens is 1. The Morgan fingerprint density at radius 3 is 2.20 bits per heavy atom.